The molecule has 0 aliphatic carbocycles. The molecule has 1 amide bonds. The topological polar surface area (TPSA) is 59.2 Å². The second kappa shape index (κ2) is 6.12. The molecule has 2 heterocycles. The summed E-state index contributed by atoms with van der Waals surface area (Å²) in [6.45, 7) is 1.53. The smallest absolute Gasteiger partial charge is 0.250 e. The van der Waals surface area contributed by atoms with Gasteiger partial charge in [0, 0.05) is 25.5 Å². The first-order valence-electron chi connectivity index (χ1n) is 8.06. The van der Waals surface area contributed by atoms with Crippen LogP contribution in [0.2, 0.25) is 0 Å². The number of benzene rings is 2. The van der Waals surface area contributed by atoms with Crippen molar-refractivity contribution in [1.29, 1.82) is 0 Å². The predicted octanol–water partition coefficient (Wildman–Crippen LogP) is 3.45. The van der Waals surface area contributed by atoms with Crippen LogP contribution in [0.3, 0.4) is 0 Å². The lowest BCUT2D eigenvalue weighted by Gasteiger charge is -2.21. The monoisotopic (exact) mass is 337 g/mol. The van der Waals surface area contributed by atoms with Gasteiger partial charge in [0.05, 0.1) is 0 Å². The standard InChI is InChI=1S/C19H16FN3O2/c1-12(24)23-16-8-3-2-6-14(16)11-17(23)19-21-18(22-25-19)10-13-5-4-7-15(20)9-13/h2-9,17H,10-11H2,1H3/t17-/m0/s1. The Labute approximate surface area is 144 Å². The second-order valence-corrected chi connectivity index (χ2v) is 6.09. The molecule has 126 valence electrons. The highest BCUT2D eigenvalue weighted by Crippen LogP contribution is 2.39. The van der Waals surface area contributed by atoms with Crippen molar-refractivity contribution < 1.29 is 13.7 Å². The van der Waals surface area contributed by atoms with Crippen LogP contribution in [0.4, 0.5) is 10.1 Å². The molecule has 0 unspecified atom stereocenters. The van der Waals surface area contributed by atoms with Gasteiger partial charge in [0.15, 0.2) is 5.82 Å². The van der Waals surface area contributed by atoms with E-state index in [1.54, 1.807) is 11.0 Å². The summed E-state index contributed by atoms with van der Waals surface area (Å²) >= 11 is 0. The zero-order valence-corrected chi connectivity index (χ0v) is 13.6. The quantitative estimate of drug-likeness (QED) is 0.734. The van der Waals surface area contributed by atoms with Crippen molar-refractivity contribution in [2.75, 3.05) is 4.90 Å². The van der Waals surface area contributed by atoms with E-state index in [0.29, 0.717) is 24.6 Å². The Hall–Kier alpha value is -3.02. The maximum absolute atomic E-state index is 13.3. The SMILES string of the molecule is CC(=O)N1c2ccccc2C[C@H]1c1nc(Cc2cccc(F)c2)no1. The van der Waals surface area contributed by atoms with Crippen molar-refractivity contribution in [2.24, 2.45) is 0 Å². The van der Waals surface area contributed by atoms with Crippen molar-refractivity contribution in [1.82, 2.24) is 10.1 Å². The van der Waals surface area contributed by atoms with Crippen molar-refractivity contribution in [3.8, 4) is 0 Å². The molecule has 6 heteroatoms. The Morgan fingerprint density at radius 1 is 1.28 bits per heavy atom. The van der Waals surface area contributed by atoms with Crippen LogP contribution < -0.4 is 4.90 Å². The number of carbonyl (C=O) groups is 1. The Morgan fingerprint density at radius 2 is 2.12 bits per heavy atom. The van der Waals surface area contributed by atoms with Gasteiger partial charge in [0.2, 0.25) is 11.8 Å². The van der Waals surface area contributed by atoms with Crippen LogP contribution in [0.25, 0.3) is 0 Å². The summed E-state index contributed by atoms with van der Waals surface area (Å²) in [5.41, 5.74) is 2.72. The number of hydrogen-bond donors (Lipinski definition) is 0. The van der Waals surface area contributed by atoms with Crippen molar-refractivity contribution in [2.45, 2.75) is 25.8 Å². The third-order valence-electron chi connectivity index (χ3n) is 4.34. The van der Waals surface area contributed by atoms with Crippen LogP contribution in [-0.4, -0.2) is 16.0 Å². The third-order valence-corrected chi connectivity index (χ3v) is 4.34. The number of para-hydroxylation sites is 1. The zero-order chi connectivity index (χ0) is 17.4. The van der Waals surface area contributed by atoms with Crippen molar-refractivity contribution in [3.63, 3.8) is 0 Å². The molecule has 0 spiro atoms. The lowest BCUT2D eigenvalue weighted by molar-refractivity contribution is -0.117. The van der Waals surface area contributed by atoms with Crippen LogP contribution in [0.1, 0.15) is 35.8 Å². The molecular weight excluding hydrogens is 321 g/mol. The van der Waals surface area contributed by atoms with E-state index < -0.39 is 0 Å². The number of halogens is 1. The molecule has 0 saturated carbocycles. The first-order valence-corrected chi connectivity index (χ1v) is 8.06. The normalized spacial score (nSPS) is 16.1. The Balaban J connectivity index is 1.61. The van der Waals surface area contributed by atoms with Crippen LogP contribution >= 0.6 is 0 Å². The van der Waals surface area contributed by atoms with Gasteiger partial charge in [-0.05, 0) is 29.3 Å². The number of rotatable bonds is 3. The van der Waals surface area contributed by atoms with Crippen LogP contribution in [0.5, 0.6) is 0 Å². The zero-order valence-electron chi connectivity index (χ0n) is 13.6. The molecule has 25 heavy (non-hydrogen) atoms. The average molecular weight is 337 g/mol. The molecule has 1 atom stereocenters. The molecule has 0 fully saturated rings. The predicted molar refractivity (Wildman–Crippen MR) is 89.6 cm³/mol. The molecule has 1 aliphatic rings. The number of fused-ring (bicyclic) bond motifs is 1. The molecule has 0 bridgehead atoms. The van der Waals surface area contributed by atoms with Gasteiger partial charge in [-0.15, -0.1) is 0 Å². The Morgan fingerprint density at radius 3 is 2.92 bits per heavy atom. The van der Waals surface area contributed by atoms with E-state index in [0.717, 1.165) is 16.8 Å². The summed E-state index contributed by atoms with van der Waals surface area (Å²) in [6, 6.07) is 13.8. The van der Waals surface area contributed by atoms with Gasteiger partial charge in [-0.25, -0.2) is 4.39 Å². The molecule has 0 N–H and O–H groups in total. The second-order valence-electron chi connectivity index (χ2n) is 6.09. The van der Waals surface area contributed by atoms with E-state index in [4.69, 9.17) is 4.52 Å². The van der Waals surface area contributed by atoms with Crippen LogP contribution in [-0.2, 0) is 17.6 Å². The first-order chi connectivity index (χ1) is 12.1. The minimum Gasteiger partial charge on any atom is -0.337 e. The fourth-order valence-corrected chi connectivity index (χ4v) is 3.28. The minimum absolute atomic E-state index is 0.0696. The number of amides is 1. The summed E-state index contributed by atoms with van der Waals surface area (Å²) in [7, 11) is 0. The van der Waals surface area contributed by atoms with E-state index >= 15 is 0 Å². The molecule has 5 nitrogen and oxygen atoms in total. The van der Waals surface area contributed by atoms with Gasteiger partial charge in [-0.2, -0.15) is 4.98 Å². The molecule has 0 saturated heterocycles. The van der Waals surface area contributed by atoms with Gasteiger partial charge in [0.1, 0.15) is 11.9 Å². The van der Waals surface area contributed by atoms with E-state index in [9.17, 15) is 9.18 Å². The van der Waals surface area contributed by atoms with E-state index in [-0.39, 0.29) is 17.8 Å². The summed E-state index contributed by atoms with van der Waals surface area (Å²) < 4.78 is 18.7. The van der Waals surface area contributed by atoms with Crippen LogP contribution in [0, 0.1) is 5.82 Å². The summed E-state index contributed by atoms with van der Waals surface area (Å²) in [4.78, 5) is 18.3. The molecule has 2 aromatic carbocycles. The largest absolute Gasteiger partial charge is 0.337 e. The van der Waals surface area contributed by atoms with Gasteiger partial charge in [0.25, 0.3) is 0 Å². The fourth-order valence-electron chi connectivity index (χ4n) is 3.28. The van der Waals surface area contributed by atoms with E-state index in [2.05, 4.69) is 10.1 Å². The number of nitrogens with zero attached hydrogens (tertiary/aromatic N) is 3. The van der Waals surface area contributed by atoms with Gasteiger partial charge in [-0.1, -0.05) is 35.5 Å². The van der Waals surface area contributed by atoms with Gasteiger partial charge < -0.3 is 4.52 Å². The molecule has 3 aromatic rings. The summed E-state index contributed by atoms with van der Waals surface area (Å²) in [5.74, 6) is 0.507. The first kappa shape index (κ1) is 15.5. The number of carbonyl (C=O) groups excluding carboxylic acids is 1. The number of hydrogen-bond acceptors (Lipinski definition) is 4. The number of anilines is 1. The molecule has 4 rings (SSSR count). The molecular formula is C19H16FN3O2. The highest BCUT2D eigenvalue weighted by atomic mass is 19.1. The summed E-state index contributed by atoms with van der Waals surface area (Å²) in [6.07, 6.45) is 1.01. The van der Waals surface area contributed by atoms with Gasteiger partial charge in [-0.3, -0.25) is 9.69 Å². The summed E-state index contributed by atoms with van der Waals surface area (Å²) in [5, 5.41) is 4.00. The van der Waals surface area contributed by atoms with Crippen LogP contribution in [0.15, 0.2) is 53.1 Å². The lowest BCUT2D eigenvalue weighted by atomic mass is 10.1. The molecule has 1 aromatic heterocycles. The highest BCUT2D eigenvalue weighted by molar-refractivity contribution is 5.94. The maximum Gasteiger partial charge on any atom is 0.250 e. The minimum atomic E-state index is -0.302. The van der Waals surface area contributed by atoms with E-state index in [1.807, 2.05) is 30.3 Å². The molecule has 1 aliphatic heterocycles. The maximum atomic E-state index is 13.3. The molecule has 0 radical (unpaired) electrons. The Bertz CT molecular complexity index is 938. The van der Waals surface area contributed by atoms with Gasteiger partial charge >= 0.3 is 0 Å². The third kappa shape index (κ3) is 2.91. The van der Waals surface area contributed by atoms with Crippen molar-refractivity contribution >= 4 is 11.6 Å². The Kier molecular flexibility index (Phi) is 3.80. The fraction of sp³-hybridized carbons (Fsp3) is 0.211. The average Bonchev–Trinajstić information content (AvgIpc) is 3.18. The highest BCUT2D eigenvalue weighted by Gasteiger charge is 2.36. The van der Waals surface area contributed by atoms with E-state index in [1.165, 1.54) is 19.1 Å². The lowest BCUT2D eigenvalue weighted by Crippen LogP contribution is -2.30. The number of aromatic nitrogens is 2. The van der Waals surface area contributed by atoms with Crippen molar-refractivity contribution in [3.05, 3.63) is 77.2 Å².